The van der Waals surface area contributed by atoms with Gasteiger partial charge in [-0.05, 0) is 56.3 Å². The van der Waals surface area contributed by atoms with Crippen LogP contribution in [0.25, 0.3) is 0 Å². The highest BCUT2D eigenvalue weighted by molar-refractivity contribution is 5.92. The van der Waals surface area contributed by atoms with Crippen LogP contribution in [0, 0.1) is 23.2 Å². The van der Waals surface area contributed by atoms with Crippen molar-refractivity contribution >= 4 is 17.7 Å². The molecule has 5 rings (SSSR count). The predicted octanol–water partition coefficient (Wildman–Crippen LogP) is 0.782. The van der Waals surface area contributed by atoms with Gasteiger partial charge in [0.05, 0.1) is 5.41 Å². The molecule has 4 aliphatic carbocycles. The van der Waals surface area contributed by atoms with Gasteiger partial charge in [-0.25, -0.2) is 4.79 Å². The number of esters is 1. The standard InChI is InChI=1S/C19H25N3O5/c1-21-14(6-16(24)22(2)18(21)26)20-15(23)10-27-17(25)19-7-11-3-12(8-19)5-13(4-11)9-19/h6,11-13H,3-5,7-10H2,1-2H3,(H,20,23). The van der Waals surface area contributed by atoms with Crippen LogP contribution < -0.4 is 16.6 Å². The zero-order chi connectivity index (χ0) is 19.3. The molecule has 1 amide bonds. The molecule has 4 aliphatic rings. The Bertz CT molecular complexity index is 878. The third-order valence-electron chi connectivity index (χ3n) is 6.60. The molecule has 0 aromatic carbocycles. The topological polar surface area (TPSA) is 99.4 Å². The minimum absolute atomic E-state index is 0.0824. The van der Waals surface area contributed by atoms with Gasteiger partial charge in [-0.1, -0.05) is 0 Å². The molecule has 0 atom stereocenters. The van der Waals surface area contributed by atoms with Crippen LogP contribution >= 0.6 is 0 Å². The molecule has 0 unspecified atom stereocenters. The molecule has 0 saturated heterocycles. The van der Waals surface area contributed by atoms with E-state index in [1.807, 2.05) is 0 Å². The SMILES string of the molecule is Cn1c(NC(=O)COC(=O)C23CC4CC(CC(C4)C2)C3)cc(=O)n(C)c1=O. The Kier molecular flexibility index (Phi) is 4.24. The fourth-order valence-corrected chi connectivity index (χ4v) is 5.68. The van der Waals surface area contributed by atoms with Gasteiger partial charge in [-0.2, -0.15) is 0 Å². The summed E-state index contributed by atoms with van der Waals surface area (Å²) in [5.41, 5.74) is -1.47. The first-order chi connectivity index (χ1) is 12.8. The van der Waals surface area contributed by atoms with Crippen molar-refractivity contribution in [2.45, 2.75) is 38.5 Å². The van der Waals surface area contributed by atoms with Crippen LogP contribution in [0.3, 0.4) is 0 Å². The van der Waals surface area contributed by atoms with Crippen molar-refractivity contribution in [1.82, 2.24) is 9.13 Å². The summed E-state index contributed by atoms with van der Waals surface area (Å²) in [7, 11) is 2.82. The number of carbonyl (C=O) groups is 2. The maximum atomic E-state index is 12.8. The van der Waals surface area contributed by atoms with Gasteiger partial charge in [0.25, 0.3) is 11.5 Å². The van der Waals surface area contributed by atoms with Gasteiger partial charge in [0.15, 0.2) is 6.61 Å². The molecular formula is C19H25N3O5. The first-order valence-electron chi connectivity index (χ1n) is 9.51. The van der Waals surface area contributed by atoms with E-state index in [-0.39, 0.29) is 11.8 Å². The molecule has 27 heavy (non-hydrogen) atoms. The zero-order valence-electron chi connectivity index (χ0n) is 15.7. The van der Waals surface area contributed by atoms with Gasteiger partial charge in [-0.15, -0.1) is 0 Å². The lowest BCUT2D eigenvalue weighted by Crippen LogP contribution is -2.50. The van der Waals surface area contributed by atoms with Crippen molar-refractivity contribution < 1.29 is 14.3 Å². The number of carbonyl (C=O) groups excluding carboxylic acids is 2. The van der Waals surface area contributed by atoms with Crippen LogP contribution in [0.15, 0.2) is 15.7 Å². The molecule has 1 N–H and O–H groups in total. The summed E-state index contributed by atoms with van der Waals surface area (Å²) in [4.78, 5) is 48.6. The molecule has 0 radical (unpaired) electrons. The largest absolute Gasteiger partial charge is 0.455 e. The van der Waals surface area contributed by atoms with Gasteiger partial charge in [0.2, 0.25) is 0 Å². The van der Waals surface area contributed by atoms with Crippen molar-refractivity contribution in [1.29, 1.82) is 0 Å². The molecule has 1 heterocycles. The van der Waals surface area contributed by atoms with E-state index < -0.39 is 29.2 Å². The molecule has 8 heteroatoms. The van der Waals surface area contributed by atoms with E-state index in [2.05, 4.69) is 5.32 Å². The van der Waals surface area contributed by atoms with E-state index in [4.69, 9.17) is 4.74 Å². The second-order valence-electron chi connectivity index (χ2n) is 8.59. The Hall–Kier alpha value is -2.38. The normalized spacial score (nSPS) is 31.0. The lowest BCUT2D eigenvalue weighted by Gasteiger charge is -2.55. The van der Waals surface area contributed by atoms with Crippen molar-refractivity contribution in [3.8, 4) is 0 Å². The lowest BCUT2D eigenvalue weighted by molar-refractivity contribution is -0.172. The summed E-state index contributed by atoms with van der Waals surface area (Å²) in [5.74, 6) is 1.11. The molecule has 0 spiro atoms. The average Bonchev–Trinajstić information content (AvgIpc) is 2.61. The number of nitrogens with zero attached hydrogens (tertiary/aromatic N) is 2. The monoisotopic (exact) mass is 375 g/mol. The molecule has 1 aromatic rings. The van der Waals surface area contributed by atoms with Gasteiger partial charge in [0, 0.05) is 20.2 Å². The van der Waals surface area contributed by atoms with Crippen LogP contribution in [0.4, 0.5) is 5.82 Å². The molecule has 4 fully saturated rings. The van der Waals surface area contributed by atoms with Gasteiger partial charge in [-0.3, -0.25) is 23.5 Å². The molecule has 1 aromatic heterocycles. The first-order valence-corrected chi connectivity index (χ1v) is 9.51. The van der Waals surface area contributed by atoms with E-state index in [0.29, 0.717) is 17.8 Å². The highest BCUT2D eigenvalue weighted by atomic mass is 16.5. The highest BCUT2D eigenvalue weighted by Gasteiger charge is 2.55. The highest BCUT2D eigenvalue weighted by Crippen LogP contribution is 2.60. The Morgan fingerprint density at radius 2 is 1.63 bits per heavy atom. The second-order valence-corrected chi connectivity index (χ2v) is 8.59. The Morgan fingerprint density at radius 1 is 1.07 bits per heavy atom. The predicted molar refractivity (Wildman–Crippen MR) is 97.1 cm³/mol. The minimum Gasteiger partial charge on any atom is -0.455 e. The van der Waals surface area contributed by atoms with Crippen LogP contribution in [0.2, 0.25) is 0 Å². The van der Waals surface area contributed by atoms with E-state index in [0.717, 1.165) is 23.8 Å². The Labute approximate surface area is 156 Å². The third kappa shape index (κ3) is 3.11. The second kappa shape index (κ2) is 6.35. The van der Waals surface area contributed by atoms with Gasteiger partial charge in [0.1, 0.15) is 5.82 Å². The summed E-state index contributed by atoms with van der Waals surface area (Å²) in [6.07, 6.45) is 6.31. The average molecular weight is 375 g/mol. The number of hydrogen-bond donors (Lipinski definition) is 1. The van der Waals surface area contributed by atoms with Crippen LogP contribution in [0.5, 0.6) is 0 Å². The van der Waals surface area contributed by atoms with Crippen LogP contribution in [-0.4, -0.2) is 27.6 Å². The molecule has 8 nitrogen and oxygen atoms in total. The number of aromatic nitrogens is 2. The molecule has 0 aliphatic heterocycles. The van der Waals surface area contributed by atoms with Gasteiger partial charge >= 0.3 is 11.7 Å². The van der Waals surface area contributed by atoms with Crippen molar-refractivity contribution in [2.75, 3.05) is 11.9 Å². The number of nitrogens with one attached hydrogen (secondary N) is 1. The van der Waals surface area contributed by atoms with E-state index in [1.165, 1.54) is 44.0 Å². The molecule has 4 saturated carbocycles. The first kappa shape index (κ1) is 18.0. The van der Waals surface area contributed by atoms with Crippen molar-refractivity contribution in [2.24, 2.45) is 37.3 Å². The smallest absolute Gasteiger partial charge is 0.332 e. The summed E-state index contributed by atoms with van der Waals surface area (Å²) in [5, 5.41) is 2.48. The van der Waals surface area contributed by atoms with Crippen LogP contribution in [0.1, 0.15) is 38.5 Å². The van der Waals surface area contributed by atoms with Gasteiger partial charge < -0.3 is 10.1 Å². The van der Waals surface area contributed by atoms with Crippen LogP contribution in [-0.2, 0) is 28.4 Å². The van der Waals surface area contributed by atoms with E-state index >= 15 is 0 Å². The number of rotatable bonds is 4. The maximum absolute atomic E-state index is 12.8. The quantitative estimate of drug-likeness (QED) is 0.784. The minimum atomic E-state index is -0.559. The number of amides is 1. The Balaban J connectivity index is 1.40. The molecule has 4 bridgehead atoms. The summed E-state index contributed by atoms with van der Waals surface area (Å²) in [6, 6.07) is 1.17. The number of ether oxygens (including phenoxy) is 1. The fourth-order valence-electron chi connectivity index (χ4n) is 5.68. The maximum Gasteiger partial charge on any atom is 0.332 e. The number of hydrogen-bond acceptors (Lipinski definition) is 5. The summed E-state index contributed by atoms with van der Waals surface area (Å²) in [6.45, 7) is -0.413. The van der Waals surface area contributed by atoms with Crippen molar-refractivity contribution in [3.05, 3.63) is 26.9 Å². The number of anilines is 1. The Morgan fingerprint density at radius 3 is 2.19 bits per heavy atom. The van der Waals surface area contributed by atoms with E-state index in [1.54, 1.807) is 0 Å². The third-order valence-corrected chi connectivity index (χ3v) is 6.60. The summed E-state index contributed by atoms with van der Waals surface area (Å²) < 4.78 is 7.48. The zero-order valence-corrected chi connectivity index (χ0v) is 15.7. The molecule has 146 valence electrons. The summed E-state index contributed by atoms with van der Waals surface area (Å²) >= 11 is 0. The molecular weight excluding hydrogens is 350 g/mol. The van der Waals surface area contributed by atoms with E-state index in [9.17, 15) is 19.2 Å². The van der Waals surface area contributed by atoms with Crippen molar-refractivity contribution in [3.63, 3.8) is 0 Å². The fraction of sp³-hybridized carbons (Fsp3) is 0.684. The lowest BCUT2D eigenvalue weighted by atomic mass is 9.49.